The molecule has 1 aromatic heterocycles. The molecule has 0 radical (unpaired) electrons. The van der Waals surface area contributed by atoms with E-state index < -0.39 is 6.04 Å². The molecule has 3 aliphatic rings. The first-order valence-electron chi connectivity index (χ1n) is 13.4. The maximum Gasteiger partial charge on any atom is 0.305 e. The van der Waals surface area contributed by atoms with Crippen LogP contribution in [0.4, 0.5) is 4.39 Å². The number of aromatic nitrogens is 1. The van der Waals surface area contributed by atoms with Gasteiger partial charge in [0.1, 0.15) is 11.9 Å². The summed E-state index contributed by atoms with van der Waals surface area (Å²) in [6.07, 6.45) is 3.71. The van der Waals surface area contributed by atoms with Crippen LogP contribution in [-0.4, -0.2) is 48.3 Å². The molecule has 1 saturated carbocycles. The number of aryl methyl sites for hydroxylation is 1. The van der Waals surface area contributed by atoms with Crippen LogP contribution in [0.3, 0.4) is 0 Å². The van der Waals surface area contributed by atoms with Crippen molar-refractivity contribution in [3.05, 3.63) is 58.0 Å². The summed E-state index contributed by atoms with van der Waals surface area (Å²) in [6, 6.07) is 6.17. The number of benzene rings is 1. The first-order valence-corrected chi connectivity index (χ1v) is 13.4. The molecule has 202 valence electrons. The zero-order valence-electron chi connectivity index (χ0n) is 22.5. The highest BCUT2D eigenvalue weighted by Crippen LogP contribution is 2.42. The predicted molar refractivity (Wildman–Crippen MR) is 138 cm³/mol. The molecule has 5 rings (SSSR count). The average Bonchev–Trinajstić information content (AvgIpc) is 3.18. The topological polar surface area (TPSA) is 85.8 Å². The fourth-order valence-electron chi connectivity index (χ4n) is 6.47. The van der Waals surface area contributed by atoms with Gasteiger partial charge >= 0.3 is 5.97 Å². The number of nitrogens with zero attached hydrogens (tertiary/aromatic N) is 2. The Bertz CT molecular complexity index is 1280. The number of carbonyl (C=O) groups excluding carboxylic acids is 3. The molecule has 1 fully saturated rings. The van der Waals surface area contributed by atoms with Crippen LogP contribution in [0.2, 0.25) is 0 Å². The molecule has 0 N–H and O–H groups in total. The number of carbonyl (C=O) groups is 3. The molecule has 1 amide bonds. The highest BCUT2D eigenvalue weighted by atomic mass is 19.1. The van der Waals surface area contributed by atoms with Crippen LogP contribution in [0.1, 0.15) is 73.5 Å². The third-order valence-corrected chi connectivity index (χ3v) is 8.55. The Morgan fingerprint density at radius 3 is 2.61 bits per heavy atom. The van der Waals surface area contributed by atoms with E-state index in [9.17, 15) is 14.4 Å². The van der Waals surface area contributed by atoms with Crippen molar-refractivity contribution >= 4 is 17.7 Å². The Hall–Kier alpha value is -3.29. The van der Waals surface area contributed by atoms with E-state index in [1.54, 1.807) is 18.1 Å². The van der Waals surface area contributed by atoms with Crippen LogP contribution >= 0.6 is 0 Å². The number of halogens is 1. The Kier molecular flexibility index (Phi) is 7.01. The summed E-state index contributed by atoms with van der Waals surface area (Å²) in [5, 5.41) is 0. The molecule has 2 aliphatic carbocycles. The van der Waals surface area contributed by atoms with Gasteiger partial charge in [-0.3, -0.25) is 14.4 Å². The summed E-state index contributed by atoms with van der Waals surface area (Å²) >= 11 is 0. The molecule has 38 heavy (non-hydrogen) atoms. The van der Waals surface area contributed by atoms with Gasteiger partial charge in [0.2, 0.25) is 11.8 Å². The van der Waals surface area contributed by atoms with Gasteiger partial charge in [-0.25, -0.2) is 9.37 Å². The number of hydrogen-bond acceptors (Lipinski definition) is 6. The average molecular weight is 523 g/mol. The molecule has 7 nitrogen and oxygen atoms in total. The number of pyridine rings is 1. The van der Waals surface area contributed by atoms with Crippen LogP contribution in [-0.2, 0) is 43.8 Å². The Labute approximate surface area is 222 Å². The number of ketones is 1. The predicted octanol–water partition coefficient (Wildman–Crippen LogP) is 4.28. The van der Waals surface area contributed by atoms with E-state index in [-0.39, 0.29) is 47.1 Å². The van der Waals surface area contributed by atoms with Crippen LogP contribution in [0.5, 0.6) is 5.88 Å². The Morgan fingerprint density at radius 1 is 1.13 bits per heavy atom. The molecule has 0 bridgehead atoms. The van der Waals surface area contributed by atoms with Gasteiger partial charge in [-0.2, -0.15) is 0 Å². The van der Waals surface area contributed by atoms with E-state index in [1.807, 2.05) is 26.0 Å². The number of rotatable bonds is 7. The SMILES string of the molecule is COC(=O)CC1CC(C(=O)N2CCc3nc(OC)ccc3[C@@H]2C(=O)Cc2cc(F)c3c(c2)CCC3(C)C)C1. The van der Waals surface area contributed by atoms with Crippen molar-refractivity contribution in [2.75, 3.05) is 20.8 Å². The summed E-state index contributed by atoms with van der Waals surface area (Å²) in [4.78, 5) is 45.3. The molecule has 0 unspecified atom stereocenters. The zero-order chi connectivity index (χ0) is 27.2. The minimum absolute atomic E-state index is 0.0280. The van der Waals surface area contributed by atoms with Gasteiger partial charge in [0.05, 0.1) is 19.9 Å². The largest absolute Gasteiger partial charge is 0.481 e. The standard InChI is InChI=1S/C30H35FN2O5/c1-30(2)9-7-19-11-18(14-22(31)27(19)30)15-24(34)28-21-5-6-25(37-3)32-23(21)8-10-33(28)29(36)20-12-17(13-20)16-26(35)38-4/h5-6,11,14,17,20,28H,7-10,12-13,15-16H2,1-4H3/t17?,20?,28-/m1/s1. The molecule has 0 saturated heterocycles. The van der Waals surface area contributed by atoms with Gasteiger partial charge in [0.25, 0.3) is 0 Å². The van der Waals surface area contributed by atoms with E-state index in [4.69, 9.17) is 9.47 Å². The van der Waals surface area contributed by atoms with E-state index in [0.717, 1.165) is 29.7 Å². The van der Waals surface area contributed by atoms with Gasteiger partial charge < -0.3 is 14.4 Å². The molecule has 1 atom stereocenters. The van der Waals surface area contributed by atoms with Crippen LogP contribution in [0.15, 0.2) is 24.3 Å². The molecular formula is C30H35FN2O5. The molecule has 1 aliphatic heterocycles. The highest BCUT2D eigenvalue weighted by molar-refractivity contribution is 5.93. The summed E-state index contributed by atoms with van der Waals surface area (Å²) in [7, 11) is 2.91. The fourth-order valence-corrected chi connectivity index (χ4v) is 6.47. The van der Waals surface area contributed by atoms with Crippen molar-refractivity contribution in [2.24, 2.45) is 11.8 Å². The summed E-state index contributed by atoms with van der Waals surface area (Å²) < 4.78 is 25.2. The van der Waals surface area contributed by atoms with Crippen molar-refractivity contribution in [3.8, 4) is 5.88 Å². The third-order valence-electron chi connectivity index (χ3n) is 8.55. The summed E-state index contributed by atoms with van der Waals surface area (Å²) in [5.41, 5.74) is 3.57. The lowest BCUT2D eigenvalue weighted by Gasteiger charge is -2.42. The van der Waals surface area contributed by atoms with Gasteiger partial charge in [0.15, 0.2) is 5.78 Å². The Balaban J connectivity index is 1.40. The van der Waals surface area contributed by atoms with Crippen LogP contribution in [0, 0.1) is 17.7 Å². The lowest BCUT2D eigenvalue weighted by molar-refractivity contribution is -0.150. The second-order valence-electron chi connectivity index (χ2n) is 11.5. The molecule has 8 heteroatoms. The van der Waals surface area contributed by atoms with Gasteiger partial charge in [-0.15, -0.1) is 0 Å². The second kappa shape index (κ2) is 10.1. The minimum Gasteiger partial charge on any atom is -0.481 e. The third kappa shape index (κ3) is 4.81. The van der Waals surface area contributed by atoms with Gasteiger partial charge in [-0.05, 0) is 65.8 Å². The van der Waals surface area contributed by atoms with Crippen molar-refractivity contribution in [3.63, 3.8) is 0 Å². The van der Waals surface area contributed by atoms with E-state index >= 15 is 4.39 Å². The molecule has 2 aromatic rings. The van der Waals surface area contributed by atoms with Gasteiger partial charge in [-0.1, -0.05) is 19.9 Å². The molecule has 1 aromatic carbocycles. The quantitative estimate of drug-likeness (QED) is 0.505. The number of ether oxygens (including phenoxy) is 2. The smallest absolute Gasteiger partial charge is 0.305 e. The van der Waals surface area contributed by atoms with Crippen molar-refractivity contribution in [2.45, 2.75) is 70.3 Å². The molecule has 0 spiro atoms. The lowest BCUT2D eigenvalue weighted by Crippen LogP contribution is -2.49. The zero-order valence-corrected chi connectivity index (χ0v) is 22.5. The van der Waals surface area contributed by atoms with Crippen LogP contribution in [0.25, 0.3) is 0 Å². The van der Waals surface area contributed by atoms with Gasteiger partial charge in [0, 0.05) is 43.4 Å². The first kappa shape index (κ1) is 26.3. The maximum absolute atomic E-state index is 15.1. The summed E-state index contributed by atoms with van der Waals surface area (Å²) in [5.74, 6) is -0.420. The summed E-state index contributed by atoms with van der Waals surface area (Å²) in [6.45, 7) is 4.46. The first-order chi connectivity index (χ1) is 18.1. The maximum atomic E-state index is 15.1. The van der Waals surface area contributed by atoms with E-state index in [2.05, 4.69) is 4.98 Å². The van der Waals surface area contributed by atoms with Crippen molar-refractivity contribution in [1.29, 1.82) is 0 Å². The molecule has 2 heterocycles. The van der Waals surface area contributed by atoms with Crippen molar-refractivity contribution in [1.82, 2.24) is 9.88 Å². The van der Waals surface area contributed by atoms with Crippen LogP contribution < -0.4 is 4.74 Å². The highest BCUT2D eigenvalue weighted by Gasteiger charge is 2.43. The normalized spacial score (nSPS) is 23.2. The fraction of sp³-hybridized carbons (Fsp3) is 0.533. The monoisotopic (exact) mass is 522 g/mol. The number of esters is 1. The number of amides is 1. The van der Waals surface area contributed by atoms with E-state index in [1.165, 1.54) is 13.2 Å². The number of Topliss-reactive ketones (excluding diaryl/α,β-unsaturated/α-hetero) is 1. The van der Waals surface area contributed by atoms with E-state index in [0.29, 0.717) is 49.2 Å². The minimum atomic E-state index is -0.794. The second-order valence-corrected chi connectivity index (χ2v) is 11.5. The van der Waals surface area contributed by atoms with Crippen molar-refractivity contribution < 1.29 is 28.2 Å². The lowest BCUT2D eigenvalue weighted by atomic mass is 9.72. The Morgan fingerprint density at radius 2 is 1.89 bits per heavy atom. The number of fused-ring (bicyclic) bond motifs is 2. The number of hydrogen-bond donors (Lipinski definition) is 0. The molecular weight excluding hydrogens is 487 g/mol. The number of methoxy groups -OCH3 is 2.